The monoisotopic (exact) mass is 353 g/mol. The summed E-state index contributed by atoms with van der Waals surface area (Å²) in [5, 5.41) is 8.42. The standard InChI is InChI=1S/C24H23N3/c1-3-25-23-12-8-7-11-21(23)22-17-27(20-9-5-4-6-10-20)26-24(22)19-15-13-18(2)14-16-19/h4-17,25H,3H2,1-2H3. The van der Waals surface area contributed by atoms with E-state index in [-0.39, 0.29) is 0 Å². The quantitative estimate of drug-likeness (QED) is 0.481. The topological polar surface area (TPSA) is 29.9 Å². The molecule has 0 unspecified atom stereocenters. The normalized spacial score (nSPS) is 10.7. The summed E-state index contributed by atoms with van der Waals surface area (Å²) in [5.74, 6) is 0. The first-order chi connectivity index (χ1) is 13.3. The molecule has 0 bridgehead atoms. The highest BCUT2D eigenvalue weighted by Gasteiger charge is 2.16. The summed E-state index contributed by atoms with van der Waals surface area (Å²) >= 11 is 0. The number of hydrogen-bond donors (Lipinski definition) is 1. The van der Waals surface area contributed by atoms with Crippen molar-refractivity contribution in [1.29, 1.82) is 0 Å². The lowest BCUT2D eigenvalue weighted by Crippen LogP contribution is -1.98. The molecule has 0 aliphatic carbocycles. The van der Waals surface area contributed by atoms with Crippen molar-refractivity contribution in [2.75, 3.05) is 11.9 Å². The zero-order valence-corrected chi connectivity index (χ0v) is 15.7. The molecule has 134 valence electrons. The maximum absolute atomic E-state index is 4.95. The van der Waals surface area contributed by atoms with E-state index in [1.165, 1.54) is 5.56 Å². The first-order valence-corrected chi connectivity index (χ1v) is 9.31. The maximum Gasteiger partial charge on any atom is 0.101 e. The number of benzene rings is 3. The van der Waals surface area contributed by atoms with Crippen LogP contribution in [0.4, 0.5) is 5.69 Å². The van der Waals surface area contributed by atoms with Crippen molar-refractivity contribution in [3.63, 3.8) is 0 Å². The first-order valence-electron chi connectivity index (χ1n) is 9.31. The zero-order valence-electron chi connectivity index (χ0n) is 15.7. The minimum Gasteiger partial charge on any atom is -0.385 e. The van der Waals surface area contributed by atoms with Crippen molar-refractivity contribution in [3.8, 4) is 28.1 Å². The third-order valence-corrected chi connectivity index (χ3v) is 4.64. The van der Waals surface area contributed by atoms with Gasteiger partial charge in [0.05, 0.1) is 5.69 Å². The van der Waals surface area contributed by atoms with Crippen LogP contribution < -0.4 is 5.32 Å². The molecule has 3 heteroatoms. The van der Waals surface area contributed by atoms with E-state index in [1.807, 2.05) is 22.9 Å². The van der Waals surface area contributed by atoms with E-state index in [2.05, 4.69) is 86.0 Å². The van der Waals surface area contributed by atoms with E-state index in [0.717, 1.165) is 40.3 Å². The molecular formula is C24H23N3. The molecule has 0 saturated heterocycles. The highest BCUT2D eigenvalue weighted by molar-refractivity contribution is 5.87. The van der Waals surface area contributed by atoms with Crippen molar-refractivity contribution in [3.05, 3.63) is 90.6 Å². The smallest absolute Gasteiger partial charge is 0.101 e. The van der Waals surface area contributed by atoms with Gasteiger partial charge in [-0.2, -0.15) is 5.10 Å². The maximum atomic E-state index is 4.95. The summed E-state index contributed by atoms with van der Waals surface area (Å²) in [7, 11) is 0. The molecule has 1 aromatic heterocycles. The molecule has 0 amide bonds. The molecule has 0 aliphatic rings. The highest BCUT2D eigenvalue weighted by Crippen LogP contribution is 2.36. The van der Waals surface area contributed by atoms with Gasteiger partial charge < -0.3 is 5.32 Å². The van der Waals surface area contributed by atoms with E-state index in [4.69, 9.17) is 5.10 Å². The average molecular weight is 353 g/mol. The van der Waals surface area contributed by atoms with Crippen molar-refractivity contribution in [2.24, 2.45) is 0 Å². The molecule has 27 heavy (non-hydrogen) atoms. The van der Waals surface area contributed by atoms with Gasteiger partial charge in [0.2, 0.25) is 0 Å². The molecule has 3 nitrogen and oxygen atoms in total. The number of rotatable bonds is 5. The first kappa shape index (κ1) is 17.1. The fourth-order valence-corrected chi connectivity index (χ4v) is 3.27. The van der Waals surface area contributed by atoms with Crippen LogP contribution >= 0.6 is 0 Å². The van der Waals surface area contributed by atoms with E-state index in [1.54, 1.807) is 0 Å². The Kier molecular flexibility index (Phi) is 4.75. The molecule has 1 heterocycles. The number of aromatic nitrogens is 2. The van der Waals surface area contributed by atoms with Crippen LogP contribution in [0.3, 0.4) is 0 Å². The SMILES string of the molecule is CCNc1ccccc1-c1cn(-c2ccccc2)nc1-c1ccc(C)cc1. The minimum atomic E-state index is 0.879. The molecule has 4 rings (SSSR count). The van der Waals surface area contributed by atoms with E-state index in [9.17, 15) is 0 Å². The van der Waals surface area contributed by atoms with E-state index in [0.29, 0.717) is 0 Å². The predicted octanol–water partition coefficient (Wildman–Crippen LogP) is 5.95. The van der Waals surface area contributed by atoms with Crippen LogP contribution in [0.5, 0.6) is 0 Å². The lowest BCUT2D eigenvalue weighted by atomic mass is 9.99. The number of hydrogen-bond acceptors (Lipinski definition) is 2. The average Bonchev–Trinajstić information content (AvgIpc) is 3.15. The molecule has 3 aromatic carbocycles. The van der Waals surface area contributed by atoms with Crippen molar-refractivity contribution >= 4 is 5.69 Å². The predicted molar refractivity (Wildman–Crippen MR) is 113 cm³/mol. The van der Waals surface area contributed by atoms with Crippen molar-refractivity contribution < 1.29 is 0 Å². The van der Waals surface area contributed by atoms with Crippen LogP contribution in [0.2, 0.25) is 0 Å². The van der Waals surface area contributed by atoms with Gasteiger partial charge >= 0.3 is 0 Å². The van der Waals surface area contributed by atoms with Gasteiger partial charge in [-0.15, -0.1) is 0 Å². The Labute approximate surface area is 160 Å². The number of para-hydroxylation sites is 2. The molecular weight excluding hydrogens is 330 g/mol. The molecule has 0 atom stereocenters. The number of aryl methyl sites for hydroxylation is 1. The van der Waals surface area contributed by atoms with Crippen molar-refractivity contribution in [2.45, 2.75) is 13.8 Å². The van der Waals surface area contributed by atoms with Crippen LogP contribution in [-0.4, -0.2) is 16.3 Å². The summed E-state index contributed by atoms with van der Waals surface area (Å²) in [4.78, 5) is 0. The third-order valence-electron chi connectivity index (χ3n) is 4.64. The molecule has 0 spiro atoms. The minimum absolute atomic E-state index is 0.879. The molecule has 1 N–H and O–H groups in total. The van der Waals surface area contributed by atoms with E-state index >= 15 is 0 Å². The van der Waals surface area contributed by atoms with Crippen LogP contribution in [0.25, 0.3) is 28.1 Å². The second-order valence-corrected chi connectivity index (χ2v) is 6.61. The molecule has 0 fully saturated rings. The second kappa shape index (κ2) is 7.50. The fraction of sp³-hybridized carbons (Fsp3) is 0.125. The van der Waals surface area contributed by atoms with Gasteiger partial charge in [-0.25, -0.2) is 4.68 Å². The molecule has 0 saturated carbocycles. The Morgan fingerprint density at radius 3 is 2.26 bits per heavy atom. The summed E-state index contributed by atoms with van der Waals surface area (Å²) in [5.41, 5.74) is 7.83. The molecule has 0 aliphatic heterocycles. The van der Waals surface area contributed by atoms with Crippen molar-refractivity contribution in [1.82, 2.24) is 9.78 Å². The van der Waals surface area contributed by atoms with Crippen LogP contribution in [0.15, 0.2) is 85.1 Å². The number of nitrogens with one attached hydrogen (secondary N) is 1. The number of nitrogens with zero attached hydrogens (tertiary/aromatic N) is 2. The van der Waals surface area contributed by atoms with Gasteiger partial charge in [-0.05, 0) is 32.0 Å². The van der Waals surface area contributed by atoms with Gasteiger partial charge in [-0.3, -0.25) is 0 Å². The van der Waals surface area contributed by atoms with E-state index < -0.39 is 0 Å². The Bertz CT molecular complexity index is 1030. The Morgan fingerprint density at radius 1 is 0.815 bits per heavy atom. The Balaban J connectivity index is 1.92. The van der Waals surface area contributed by atoms with Crippen LogP contribution in [-0.2, 0) is 0 Å². The summed E-state index contributed by atoms with van der Waals surface area (Å²) in [6.07, 6.45) is 2.13. The zero-order chi connectivity index (χ0) is 18.6. The van der Waals surface area contributed by atoms with Gasteiger partial charge in [0.15, 0.2) is 0 Å². The lowest BCUT2D eigenvalue weighted by Gasteiger charge is -2.10. The molecule has 0 radical (unpaired) electrons. The summed E-state index contributed by atoms with van der Waals surface area (Å²) < 4.78 is 1.97. The lowest BCUT2D eigenvalue weighted by molar-refractivity contribution is 0.884. The summed E-state index contributed by atoms with van der Waals surface area (Å²) in [6.45, 7) is 5.10. The highest BCUT2D eigenvalue weighted by atomic mass is 15.3. The van der Waals surface area contributed by atoms with Gasteiger partial charge in [-0.1, -0.05) is 66.2 Å². The van der Waals surface area contributed by atoms with Gasteiger partial charge in [0.1, 0.15) is 5.69 Å². The number of anilines is 1. The van der Waals surface area contributed by atoms with Crippen LogP contribution in [0, 0.1) is 6.92 Å². The van der Waals surface area contributed by atoms with Gasteiger partial charge in [0, 0.05) is 35.1 Å². The fourth-order valence-electron chi connectivity index (χ4n) is 3.27. The molecule has 4 aromatic rings. The Morgan fingerprint density at radius 2 is 1.52 bits per heavy atom. The Hall–Kier alpha value is -3.33. The second-order valence-electron chi connectivity index (χ2n) is 6.61. The van der Waals surface area contributed by atoms with Gasteiger partial charge in [0.25, 0.3) is 0 Å². The third kappa shape index (κ3) is 3.49. The largest absolute Gasteiger partial charge is 0.385 e. The summed E-state index contributed by atoms with van der Waals surface area (Å²) in [6, 6.07) is 27.2. The van der Waals surface area contributed by atoms with Crippen LogP contribution in [0.1, 0.15) is 12.5 Å².